The number of carbonyl (C=O) groups excluding carboxylic acids is 1. The van der Waals surface area contributed by atoms with Crippen LogP contribution in [0.15, 0.2) is 24.3 Å². The fraction of sp³-hybridized carbons (Fsp3) is 0.500. The van der Waals surface area contributed by atoms with E-state index in [1.807, 2.05) is 24.3 Å². The lowest BCUT2D eigenvalue weighted by molar-refractivity contribution is 0.0104. The molecule has 3 rings (SSSR count). The van der Waals surface area contributed by atoms with Gasteiger partial charge in [0.05, 0.1) is 5.69 Å². The average molecular weight is 261 g/mol. The van der Waals surface area contributed by atoms with Crippen LogP contribution in [0.1, 0.15) is 18.4 Å². The Labute approximate surface area is 112 Å². The third kappa shape index (κ3) is 2.19. The summed E-state index contributed by atoms with van der Waals surface area (Å²) in [5, 5.41) is 3.26. The highest BCUT2D eigenvalue weighted by Gasteiger charge is 2.43. The molecule has 1 amide bonds. The van der Waals surface area contributed by atoms with Gasteiger partial charge in [0.25, 0.3) is 0 Å². The van der Waals surface area contributed by atoms with Gasteiger partial charge in [-0.3, -0.25) is 4.90 Å². The van der Waals surface area contributed by atoms with Gasteiger partial charge in [-0.15, -0.1) is 0 Å². The molecule has 1 atom stereocenters. The lowest BCUT2D eigenvalue weighted by Crippen LogP contribution is -2.51. The van der Waals surface area contributed by atoms with E-state index >= 15 is 0 Å². The number of hydrogen-bond donors (Lipinski definition) is 2. The van der Waals surface area contributed by atoms with E-state index in [2.05, 4.69) is 5.32 Å². The molecule has 3 N–H and O–H groups in total. The van der Waals surface area contributed by atoms with E-state index in [1.54, 1.807) is 4.90 Å². The van der Waals surface area contributed by atoms with Crippen LogP contribution in [0.5, 0.6) is 0 Å². The molecule has 0 saturated carbocycles. The number of para-hydroxylation sites is 1. The zero-order valence-electron chi connectivity index (χ0n) is 10.9. The first-order valence-electron chi connectivity index (χ1n) is 6.73. The summed E-state index contributed by atoms with van der Waals surface area (Å²) in [6.07, 6.45) is 1.52. The summed E-state index contributed by atoms with van der Waals surface area (Å²) in [6.45, 7) is 2.81. The van der Waals surface area contributed by atoms with Crippen molar-refractivity contribution in [3.05, 3.63) is 29.8 Å². The first-order valence-corrected chi connectivity index (χ1v) is 6.73. The Morgan fingerprint density at radius 3 is 2.89 bits per heavy atom. The average Bonchev–Trinajstić information content (AvgIpc) is 2.87. The molecule has 0 bridgehead atoms. The van der Waals surface area contributed by atoms with E-state index in [-0.39, 0.29) is 11.7 Å². The van der Waals surface area contributed by atoms with Gasteiger partial charge in [0, 0.05) is 32.5 Å². The molecular weight excluding hydrogens is 242 g/mol. The molecule has 2 aliphatic rings. The minimum atomic E-state index is -0.286. The number of rotatable bonds is 2. The normalized spacial score (nSPS) is 26.8. The Hall–Kier alpha value is -1.59. The van der Waals surface area contributed by atoms with Crippen LogP contribution in [0.25, 0.3) is 0 Å². The Bertz CT molecular complexity index is 483. The Morgan fingerprint density at radius 2 is 2.21 bits per heavy atom. The molecule has 2 aliphatic heterocycles. The monoisotopic (exact) mass is 261 g/mol. The standard InChI is InChI=1S/C14H19N3O2/c15-9-11-3-1-2-4-12(11)17-8-6-14(19-13(17)18)5-7-16-10-14/h1-4,16H,5-10,15H2. The van der Waals surface area contributed by atoms with E-state index in [4.69, 9.17) is 10.5 Å². The van der Waals surface area contributed by atoms with Gasteiger partial charge in [-0.2, -0.15) is 0 Å². The van der Waals surface area contributed by atoms with Gasteiger partial charge in [0.15, 0.2) is 0 Å². The molecule has 5 heteroatoms. The molecule has 2 saturated heterocycles. The lowest BCUT2D eigenvalue weighted by atomic mass is 9.96. The van der Waals surface area contributed by atoms with E-state index < -0.39 is 0 Å². The van der Waals surface area contributed by atoms with Crippen LogP contribution in [0.3, 0.4) is 0 Å². The summed E-state index contributed by atoms with van der Waals surface area (Å²) in [4.78, 5) is 14.0. The predicted molar refractivity (Wildman–Crippen MR) is 73.0 cm³/mol. The predicted octanol–water partition coefficient (Wildman–Crippen LogP) is 1.22. The fourth-order valence-electron chi connectivity index (χ4n) is 2.89. The minimum Gasteiger partial charge on any atom is -0.441 e. The topological polar surface area (TPSA) is 67.6 Å². The van der Waals surface area contributed by atoms with Crippen LogP contribution in [0.4, 0.5) is 10.5 Å². The zero-order valence-corrected chi connectivity index (χ0v) is 10.9. The van der Waals surface area contributed by atoms with Crippen molar-refractivity contribution in [1.29, 1.82) is 0 Å². The maximum atomic E-state index is 12.3. The summed E-state index contributed by atoms with van der Waals surface area (Å²) in [6, 6.07) is 7.73. The number of nitrogens with one attached hydrogen (secondary N) is 1. The van der Waals surface area contributed by atoms with Gasteiger partial charge < -0.3 is 15.8 Å². The van der Waals surface area contributed by atoms with Crippen LogP contribution >= 0.6 is 0 Å². The number of nitrogens with zero attached hydrogens (tertiary/aromatic N) is 1. The fourth-order valence-corrected chi connectivity index (χ4v) is 2.89. The molecule has 0 radical (unpaired) electrons. The van der Waals surface area contributed by atoms with Gasteiger partial charge in [-0.1, -0.05) is 18.2 Å². The van der Waals surface area contributed by atoms with E-state index in [1.165, 1.54) is 0 Å². The molecule has 0 aliphatic carbocycles. The molecule has 5 nitrogen and oxygen atoms in total. The van der Waals surface area contributed by atoms with Crippen molar-refractivity contribution in [2.24, 2.45) is 5.73 Å². The molecular formula is C14H19N3O2. The minimum absolute atomic E-state index is 0.254. The van der Waals surface area contributed by atoms with Crippen LogP contribution < -0.4 is 16.0 Å². The second-order valence-electron chi connectivity index (χ2n) is 5.21. The molecule has 102 valence electrons. The molecule has 2 heterocycles. The number of amides is 1. The van der Waals surface area contributed by atoms with Crippen LogP contribution in [0, 0.1) is 0 Å². The van der Waals surface area contributed by atoms with Crippen molar-refractivity contribution < 1.29 is 9.53 Å². The number of nitrogens with two attached hydrogens (primary N) is 1. The third-order valence-corrected chi connectivity index (χ3v) is 4.02. The summed E-state index contributed by atoms with van der Waals surface area (Å²) < 4.78 is 5.68. The largest absolute Gasteiger partial charge is 0.441 e. The summed E-state index contributed by atoms with van der Waals surface area (Å²) in [5.74, 6) is 0. The van der Waals surface area contributed by atoms with E-state index in [0.29, 0.717) is 13.1 Å². The summed E-state index contributed by atoms with van der Waals surface area (Å²) in [7, 11) is 0. The quantitative estimate of drug-likeness (QED) is 0.840. The van der Waals surface area contributed by atoms with Crippen molar-refractivity contribution in [2.45, 2.75) is 25.0 Å². The first-order chi connectivity index (χ1) is 9.24. The summed E-state index contributed by atoms with van der Waals surface area (Å²) in [5.41, 5.74) is 7.29. The van der Waals surface area contributed by atoms with Crippen molar-refractivity contribution in [3.8, 4) is 0 Å². The van der Waals surface area contributed by atoms with Crippen molar-refractivity contribution in [1.82, 2.24) is 5.32 Å². The number of benzene rings is 1. The smallest absolute Gasteiger partial charge is 0.414 e. The zero-order chi connectivity index (χ0) is 13.3. The number of ether oxygens (including phenoxy) is 1. The van der Waals surface area contributed by atoms with E-state index in [9.17, 15) is 4.79 Å². The van der Waals surface area contributed by atoms with Gasteiger partial charge in [0.2, 0.25) is 0 Å². The Morgan fingerprint density at radius 1 is 1.37 bits per heavy atom. The Kier molecular flexibility index (Phi) is 3.16. The number of carbonyl (C=O) groups is 1. The first kappa shape index (κ1) is 12.4. The van der Waals surface area contributed by atoms with Crippen LogP contribution in [-0.4, -0.2) is 31.3 Å². The highest BCUT2D eigenvalue weighted by atomic mass is 16.6. The van der Waals surface area contributed by atoms with Crippen LogP contribution in [0.2, 0.25) is 0 Å². The molecule has 1 aromatic carbocycles. The molecule has 2 fully saturated rings. The maximum absolute atomic E-state index is 12.3. The molecule has 1 aromatic rings. The molecule has 0 aromatic heterocycles. The molecule has 19 heavy (non-hydrogen) atoms. The maximum Gasteiger partial charge on any atom is 0.414 e. The van der Waals surface area contributed by atoms with Crippen molar-refractivity contribution in [2.75, 3.05) is 24.5 Å². The van der Waals surface area contributed by atoms with Gasteiger partial charge >= 0.3 is 6.09 Å². The SMILES string of the molecule is NCc1ccccc1N1CCC2(CCNC2)OC1=O. The molecule has 1 spiro atoms. The highest BCUT2D eigenvalue weighted by molar-refractivity contribution is 5.89. The van der Waals surface area contributed by atoms with Crippen LogP contribution in [-0.2, 0) is 11.3 Å². The van der Waals surface area contributed by atoms with Gasteiger partial charge in [-0.05, 0) is 18.2 Å². The Balaban J connectivity index is 1.82. The van der Waals surface area contributed by atoms with Crippen molar-refractivity contribution in [3.63, 3.8) is 0 Å². The third-order valence-electron chi connectivity index (χ3n) is 4.02. The highest BCUT2D eigenvalue weighted by Crippen LogP contribution is 2.32. The number of anilines is 1. The van der Waals surface area contributed by atoms with Gasteiger partial charge in [0.1, 0.15) is 5.60 Å². The number of hydrogen-bond acceptors (Lipinski definition) is 4. The molecule has 1 unspecified atom stereocenters. The lowest BCUT2D eigenvalue weighted by Gasteiger charge is -2.38. The summed E-state index contributed by atoms with van der Waals surface area (Å²) >= 11 is 0. The second kappa shape index (κ2) is 4.83. The van der Waals surface area contributed by atoms with Crippen molar-refractivity contribution >= 4 is 11.8 Å². The second-order valence-corrected chi connectivity index (χ2v) is 5.21. The van der Waals surface area contributed by atoms with Gasteiger partial charge in [-0.25, -0.2) is 4.79 Å². The van der Waals surface area contributed by atoms with E-state index in [0.717, 1.165) is 37.2 Å².